The van der Waals surface area contributed by atoms with Crippen LogP contribution in [-0.4, -0.2) is 56.7 Å². The Balaban J connectivity index is 3.37. The highest BCUT2D eigenvalue weighted by Gasteiger charge is 2.04. The average molecular weight is 218 g/mol. The fraction of sp³-hybridized carbons (Fsp3) is 0.778. The minimum Gasteiger partial charge on any atom is -0.464 e. The minimum atomic E-state index is -0.386. The van der Waals surface area contributed by atoms with Gasteiger partial charge in [0.05, 0.1) is 19.8 Å². The number of esters is 1. The molecule has 0 spiro atoms. The fourth-order valence-electron chi connectivity index (χ4n) is 0.924. The summed E-state index contributed by atoms with van der Waals surface area (Å²) >= 11 is 0. The van der Waals surface area contributed by atoms with Gasteiger partial charge in [-0.05, 0) is 14.0 Å². The molecule has 0 saturated carbocycles. The van der Waals surface area contributed by atoms with Gasteiger partial charge in [0.2, 0.25) is 5.91 Å². The summed E-state index contributed by atoms with van der Waals surface area (Å²) < 4.78 is 9.69. The monoisotopic (exact) mass is 218 g/mol. The average Bonchev–Trinajstić information content (AvgIpc) is 2.12. The largest absolute Gasteiger partial charge is 0.464 e. The number of nitrogens with two attached hydrogens (primary N) is 1. The van der Waals surface area contributed by atoms with Crippen molar-refractivity contribution in [3.63, 3.8) is 0 Å². The number of rotatable bonds is 8. The van der Waals surface area contributed by atoms with Crippen molar-refractivity contribution < 1.29 is 19.1 Å². The van der Waals surface area contributed by atoms with E-state index in [-0.39, 0.29) is 25.0 Å². The number of hydrogen-bond acceptors (Lipinski definition) is 5. The molecule has 0 unspecified atom stereocenters. The van der Waals surface area contributed by atoms with Crippen molar-refractivity contribution >= 4 is 11.9 Å². The maximum Gasteiger partial charge on any atom is 0.332 e. The van der Waals surface area contributed by atoms with E-state index in [1.54, 1.807) is 18.9 Å². The number of hydrogen-bond donors (Lipinski definition) is 1. The molecule has 0 radical (unpaired) electrons. The van der Waals surface area contributed by atoms with Gasteiger partial charge < -0.3 is 15.2 Å². The Bertz CT molecular complexity index is 208. The minimum absolute atomic E-state index is 0.0573. The van der Waals surface area contributed by atoms with Crippen LogP contribution in [0.5, 0.6) is 0 Å². The van der Waals surface area contributed by atoms with Crippen molar-refractivity contribution in [2.75, 3.05) is 40.0 Å². The van der Waals surface area contributed by atoms with Crippen LogP contribution in [0.1, 0.15) is 6.92 Å². The van der Waals surface area contributed by atoms with Crippen LogP contribution < -0.4 is 5.73 Å². The van der Waals surface area contributed by atoms with Crippen LogP contribution in [0, 0.1) is 0 Å². The summed E-state index contributed by atoms with van der Waals surface area (Å²) in [4.78, 5) is 23.0. The molecule has 0 heterocycles. The molecule has 0 rings (SSSR count). The lowest BCUT2D eigenvalue weighted by atomic mass is 10.5. The molecular formula is C9H18N2O4. The summed E-state index contributed by atoms with van der Waals surface area (Å²) in [6, 6.07) is 0. The van der Waals surface area contributed by atoms with Crippen molar-refractivity contribution in [1.82, 2.24) is 4.90 Å². The summed E-state index contributed by atoms with van der Waals surface area (Å²) in [7, 11) is 1.75. The highest BCUT2D eigenvalue weighted by atomic mass is 16.6. The highest BCUT2D eigenvalue weighted by molar-refractivity contribution is 5.75. The first kappa shape index (κ1) is 13.9. The highest BCUT2D eigenvalue weighted by Crippen LogP contribution is 1.85. The Morgan fingerprint density at radius 1 is 1.40 bits per heavy atom. The van der Waals surface area contributed by atoms with Crippen molar-refractivity contribution in [1.29, 1.82) is 0 Å². The SMILES string of the molecule is CCOC(=O)COCCN(C)CC(N)=O. The second-order valence-corrected chi connectivity index (χ2v) is 3.06. The lowest BCUT2D eigenvalue weighted by Gasteiger charge is -2.13. The van der Waals surface area contributed by atoms with E-state index in [4.69, 9.17) is 10.5 Å². The molecule has 88 valence electrons. The van der Waals surface area contributed by atoms with E-state index in [9.17, 15) is 9.59 Å². The van der Waals surface area contributed by atoms with Gasteiger partial charge in [-0.3, -0.25) is 9.69 Å². The zero-order valence-electron chi connectivity index (χ0n) is 9.19. The van der Waals surface area contributed by atoms with Crippen LogP contribution in [0.3, 0.4) is 0 Å². The van der Waals surface area contributed by atoms with Gasteiger partial charge >= 0.3 is 5.97 Å². The molecule has 1 amide bonds. The summed E-state index contributed by atoms with van der Waals surface area (Å²) in [5, 5.41) is 0. The van der Waals surface area contributed by atoms with Gasteiger partial charge in [0.1, 0.15) is 6.61 Å². The van der Waals surface area contributed by atoms with Crippen LogP contribution in [-0.2, 0) is 19.1 Å². The Morgan fingerprint density at radius 2 is 2.07 bits per heavy atom. The quantitative estimate of drug-likeness (QED) is 0.416. The summed E-state index contributed by atoms with van der Waals surface area (Å²) in [5.41, 5.74) is 4.99. The van der Waals surface area contributed by atoms with E-state index in [1.807, 2.05) is 0 Å². The van der Waals surface area contributed by atoms with Crippen LogP contribution in [0.15, 0.2) is 0 Å². The van der Waals surface area contributed by atoms with Gasteiger partial charge in [-0.1, -0.05) is 0 Å². The summed E-state index contributed by atoms with van der Waals surface area (Å²) in [5.74, 6) is -0.766. The zero-order chi connectivity index (χ0) is 11.7. The van der Waals surface area contributed by atoms with E-state index in [2.05, 4.69) is 4.74 Å². The van der Waals surface area contributed by atoms with Gasteiger partial charge in [0.25, 0.3) is 0 Å². The first-order valence-corrected chi connectivity index (χ1v) is 4.76. The molecule has 2 N–H and O–H groups in total. The first-order chi connectivity index (χ1) is 7.06. The molecule has 6 nitrogen and oxygen atoms in total. The van der Waals surface area contributed by atoms with Crippen molar-refractivity contribution in [3.8, 4) is 0 Å². The number of carbonyl (C=O) groups is 2. The standard InChI is InChI=1S/C9H18N2O4/c1-3-15-9(13)7-14-5-4-11(2)6-8(10)12/h3-7H2,1-2H3,(H2,10,12). The molecule has 0 aliphatic rings. The van der Waals surface area contributed by atoms with E-state index in [0.717, 1.165) is 0 Å². The van der Waals surface area contributed by atoms with Crippen LogP contribution >= 0.6 is 0 Å². The molecule has 15 heavy (non-hydrogen) atoms. The molecule has 0 atom stereocenters. The Kier molecular flexibility index (Phi) is 7.57. The second kappa shape index (κ2) is 8.19. The molecule has 0 aromatic rings. The van der Waals surface area contributed by atoms with Crippen molar-refractivity contribution in [3.05, 3.63) is 0 Å². The van der Waals surface area contributed by atoms with E-state index >= 15 is 0 Å². The van der Waals surface area contributed by atoms with Crippen LogP contribution in [0.4, 0.5) is 0 Å². The lowest BCUT2D eigenvalue weighted by molar-refractivity contribution is -0.148. The summed E-state index contributed by atoms with van der Waals surface area (Å²) in [6.45, 7) is 3.12. The van der Waals surface area contributed by atoms with Crippen molar-refractivity contribution in [2.45, 2.75) is 6.92 Å². The smallest absolute Gasteiger partial charge is 0.332 e. The number of carbonyl (C=O) groups excluding carboxylic acids is 2. The van der Waals surface area contributed by atoms with Gasteiger partial charge in [0.15, 0.2) is 0 Å². The molecule has 0 aromatic heterocycles. The molecule has 0 bridgehead atoms. The van der Waals surface area contributed by atoms with Gasteiger partial charge in [-0.2, -0.15) is 0 Å². The lowest BCUT2D eigenvalue weighted by Crippen LogP contribution is -2.33. The molecule has 0 fully saturated rings. The normalized spacial score (nSPS) is 10.3. The molecular weight excluding hydrogens is 200 g/mol. The first-order valence-electron chi connectivity index (χ1n) is 4.76. The van der Waals surface area contributed by atoms with E-state index < -0.39 is 0 Å². The molecule has 0 aliphatic heterocycles. The predicted octanol–water partition coefficient (Wildman–Crippen LogP) is -1.02. The maximum absolute atomic E-state index is 10.8. The molecule has 0 aliphatic carbocycles. The molecule has 0 aromatic carbocycles. The number of primary amides is 1. The number of nitrogens with zero attached hydrogens (tertiary/aromatic N) is 1. The van der Waals surface area contributed by atoms with Gasteiger partial charge in [-0.15, -0.1) is 0 Å². The zero-order valence-corrected chi connectivity index (χ0v) is 9.19. The number of amides is 1. The predicted molar refractivity (Wildman–Crippen MR) is 54.1 cm³/mol. The fourth-order valence-corrected chi connectivity index (χ4v) is 0.924. The van der Waals surface area contributed by atoms with E-state index in [0.29, 0.717) is 19.8 Å². The topological polar surface area (TPSA) is 81.9 Å². The van der Waals surface area contributed by atoms with Crippen LogP contribution in [0.25, 0.3) is 0 Å². The Labute approximate surface area is 89.3 Å². The Hall–Kier alpha value is -1.14. The Morgan fingerprint density at radius 3 is 2.60 bits per heavy atom. The second-order valence-electron chi connectivity index (χ2n) is 3.06. The number of likely N-dealkylation sites (N-methyl/N-ethyl adjacent to an activating group) is 1. The maximum atomic E-state index is 10.8. The van der Waals surface area contributed by atoms with E-state index in [1.165, 1.54) is 0 Å². The third kappa shape index (κ3) is 9.17. The van der Waals surface area contributed by atoms with Gasteiger partial charge in [-0.25, -0.2) is 4.79 Å². The third-order valence-electron chi connectivity index (χ3n) is 1.57. The summed E-state index contributed by atoms with van der Waals surface area (Å²) in [6.07, 6.45) is 0. The third-order valence-corrected chi connectivity index (χ3v) is 1.57. The van der Waals surface area contributed by atoms with Crippen molar-refractivity contribution in [2.24, 2.45) is 5.73 Å². The molecule has 0 saturated heterocycles. The van der Waals surface area contributed by atoms with Crippen LogP contribution in [0.2, 0.25) is 0 Å². The number of ether oxygens (including phenoxy) is 2. The van der Waals surface area contributed by atoms with Gasteiger partial charge in [0, 0.05) is 6.54 Å². The molecule has 6 heteroatoms.